The van der Waals surface area contributed by atoms with Crippen LogP contribution in [-0.4, -0.2) is 42.3 Å². The van der Waals surface area contributed by atoms with Crippen molar-refractivity contribution >= 4 is 29.4 Å². The molecule has 0 saturated carbocycles. The molecule has 1 atom stereocenters. The molecule has 2 aromatic carbocycles. The molecule has 30 heavy (non-hydrogen) atoms. The monoisotopic (exact) mass is 427 g/mol. The minimum absolute atomic E-state index is 0.00445. The zero-order valence-corrected chi connectivity index (χ0v) is 18.8. The number of hydrogen-bond donors (Lipinski definition) is 1. The van der Waals surface area contributed by atoms with Gasteiger partial charge >= 0.3 is 5.97 Å². The van der Waals surface area contributed by atoms with E-state index in [4.69, 9.17) is 4.74 Å². The van der Waals surface area contributed by atoms with E-state index in [0.717, 1.165) is 5.56 Å². The Hall–Kier alpha value is -2.60. The van der Waals surface area contributed by atoms with E-state index in [1.165, 1.54) is 0 Å². The van der Waals surface area contributed by atoms with E-state index in [1.807, 2.05) is 24.5 Å². The van der Waals surface area contributed by atoms with Crippen molar-refractivity contribution in [3.63, 3.8) is 0 Å². The van der Waals surface area contributed by atoms with Gasteiger partial charge in [-0.1, -0.05) is 63.2 Å². The van der Waals surface area contributed by atoms with Gasteiger partial charge in [-0.15, -0.1) is 0 Å². The molecule has 6 heteroatoms. The number of carbonyl (C=O) groups excluding carboxylic acids is 3. The topological polar surface area (TPSA) is 72.5 Å². The summed E-state index contributed by atoms with van der Waals surface area (Å²) in [7, 11) is 0. The Kier molecular flexibility index (Phi) is 8.66. The molecule has 2 rings (SSSR count). The summed E-state index contributed by atoms with van der Waals surface area (Å²) in [6, 6.07) is 15.2. The van der Waals surface area contributed by atoms with Crippen LogP contribution >= 0.6 is 11.8 Å². The molecule has 2 aromatic rings. The van der Waals surface area contributed by atoms with Crippen molar-refractivity contribution in [3.8, 4) is 0 Å². The molecule has 1 unspecified atom stereocenters. The van der Waals surface area contributed by atoms with Crippen LogP contribution in [0.15, 0.2) is 54.6 Å². The summed E-state index contributed by atoms with van der Waals surface area (Å²) in [5, 5.41) is 2.72. The molecule has 0 aromatic heterocycles. The molecule has 160 valence electrons. The number of Topliss-reactive ketones (excluding diaryl/α,β-unsaturated/α-hetero) is 1. The SMILES string of the molecule is CSCCC(NC(=O)c1ccccc1)C(=O)OCC(=O)c1ccc(C(C)(C)C)cc1. The quantitative estimate of drug-likeness (QED) is 0.478. The zero-order chi connectivity index (χ0) is 22.1. The van der Waals surface area contributed by atoms with Crippen molar-refractivity contribution in [2.24, 2.45) is 0 Å². The van der Waals surface area contributed by atoms with E-state index in [2.05, 4.69) is 26.1 Å². The highest BCUT2D eigenvalue weighted by molar-refractivity contribution is 7.98. The summed E-state index contributed by atoms with van der Waals surface area (Å²) in [5.74, 6) is -0.547. The third-order valence-corrected chi connectivity index (χ3v) is 5.30. The molecule has 0 aliphatic heterocycles. The van der Waals surface area contributed by atoms with Gasteiger partial charge in [0.05, 0.1) is 0 Å². The molecule has 0 aliphatic rings. The van der Waals surface area contributed by atoms with Gasteiger partial charge in [0.1, 0.15) is 6.04 Å². The van der Waals surface area contributed by atoms with Crippen molar-refractivity contribution in [3.05, 3.63) is 71.3 Å². The second-order valence-corrected chi connectivity index (χ2v) is 9.02. The minimum Gasteiger partial charge on any atom is -0.456 e. The maximum Gasteiger partial charge on any atom is 0.329 e. The van der Waals surface area contributed by atoms with Crippen LogP contribution in [0, 0.1) is 0 Å². The van der Waals surface area contributed by atoms with Crippen LogP contribution in [0.2, 0.25) is 0 Å². The number of nitrogens with one attached hydrogen (secondary N) is 1. The van der Waals surface area contributed by atoms with Crippen LogP contribution < -0.4 is 5.32 Å². The average molecular weight is 428 g/mol. The fourth-order valence-corrected chi connectivity index (χ4v) is 3.26. The average Bonchev–Trinajstić information content (AvgIpc) is 2.74. The fraction of sp³-hybridized carbons (Fsp3) is 0.375. The molecule has 0 radical (unpaired) electrons. The first-order valence-electron chi connectivity index (χ1n) is 9.87. The van der Waals surface area contributed by atoms with Gasteiger partial charge in [0, 0.05) is 11.1 Å². The summed E-state index contributed by atoms with van der Waals surface area (Å²) in [5.41, 5.74) is 2.08. The van der Waals surface area contributed by atoms with Gasteiger partial charge in [0.15, 0.2) is 12.4 Å². The van der Waals surface area contributed by atoms with Crippen LogP contribution in [0.5, 0.6) is 0 Å². The molecule has 0 saturated heterocycles. The molecule has 1 amide bonds. The predicted molar refractivity (Wildman–Crippen MR) is 121 cm³/mol. The number of esters is 1. The second kappa shape index (κ2) is 11.0. The standard InChI is InChI=1S/C24H29NO4S/c1-24(2,3)19-12-10-17(11-13-19)21(26)16-29-23(28)20(14-15-30-4)25-22(27)18-8-6-5-7-9-18/h5-13,20H,14-16H2,1-4H3,(H,25,27). The fourth-order valence-electron chi connectivity index (χ4n) is 2.79. The van der Waals surface area contributed by atoms with Crippen molar-refractivity contribution in [2.45, 2.75) is 38.6 Å². The van der Waals surface area contributed by atoms with Crippen LogP contribution in [0.3, 0.4) is 0 Å². The van der Waals surface area contributed by atoms with E-state index in [1.54, 1.807) is 48.2 Å². The predicted octanol–water partition coefficient (Wildman–Crippen LogP) is 4.26. The normalized spacial score (nSPS) is 12.1. The molecule has 1 N–H and O–H groups in total. The highest BCUT2D eigenvalue weighted by Crippen LogP contribution is 2.22. The molecule has 0 fully saturated rings. The lowest BCUT2D eigenvalue weighted by atomic mass is 9.86. The number of ketones is 1. The van der Waals surface area contributed by atoms with Crippen LogP contribution in [-0.2, 0) is 14.9 Å². The largest absolute Gasteiger partial charge is 0.456 e. The summed E-state index contributed by atoms with van der Waals surface area (Å²) >= 11 is 1.57. The lowest BCUT2D eigenvalue weighted by Crippen LogP contribution is -2.42. The van der Waals surface area contributed by atoms with Crippen molar-refractivity contribution in [2.75, 3.05) is 18.6 Å². The van der Waals surface area contributed by atoms with Crippen molar-refractivity contribution in [1.29, 1.82) is 0 Å². The maximum atomic E-state index is 12.5. The Morgan fingerprint density at radius 2 is 1.60 bits per heavy atom. The first-order chi connectivity index (χ1) is 14.2. The first kappa shape index (κ1) is 23.7. The number of amides is 1. The van der Waals surface area contributed by atoms with Crippen molar-refractivity contribution in [1.82, 2.24) is 5.32 Å². The van der Waals surface area contributed by atoms with Gasteiger partial charge in [0.2, 0.25) is 0 Å². The Bertz CT molecular complexity index is 857. The number of rotatable bonds is 9. The zero-order valence-electron chi connectivity index (χ0n) is 17.9. The van der Waals surface area contributed by atoms with E-state index in [9.17, 15) is 14.4 Å². The Labute approximate surface area is 182 Å². The van der Waals surface area contributed by atoms with E-state index < -0.39 is 12.0 Å². The Balaban J connectivity index is 1.97. The second-order valence-electron chi connectivity index (χ2n) is 8.03. The highest BCUT2D eigenvalue weighted by atomic mass is 32.2. The molecule has 0 spiro atoms. The molecular weight excluding hydrogens is 398 g/mol. The van der Waals surface area contributed by atoms with E-state index >= 15 is 0 Å². The smallest absolute Gasteiger partial charge is 0.329 e. The number of carbonyl (C=O) groups is 3. The lowest BCUT2D eigenvalue weighted by molar-refractivity contribution is -0.144. The summed E-state index contributed by atoms with van der Waals surface area (Å²) in [4.78, 5) is 37.4. The number of thioether (sulfide) groups is 1. The molecular formula is C24H29NO4S. The van der Waals surface area contributed by atoms with Crippen LogP contribution in [0.4, 0.5) is 0 Å². The maximum absolute atomic E-state index is 12.5. The Morgan fingerprint density at radius 3 is 2.17 bits per heavy atom. The summed E-state index contributed by atoms with van der Waals surface area (Å²) in [6.07, 6.45) is 2.35. The van der Waals surface area contributed by atoms with Gasteiger partial charge in [-0.25, -0.2) is 4.79 Å². The summed E-state index contributed by atoms with van der Waals surface area (Å²) < 4.78 is 5.24. The van der Waals surface area contributed by atoms with Crippen LogP contribution in [0.25, 0.3) is 0 Å². The molecule has 0 bridgehead atoms. The lowest BCUT2D eigenvalue weighted by Gasteiger charge is -2.19. The number of hydrogen-bond acceptors (Lipinski definition) is 5. The van der Waals surface area contributed by atoms with Gasteiger partial charge in [-0.3, -0.25) is 9.59 Å². The van der Waals surface area contributed by atoms with Gasteiger partial charge in [-0.2, -0.15) is 11.8 Å². The molecule has 0 heterocycles. The first-order valence-corrected chi connectivity index (χ1v) is 11.3. The molecule has 0 aliphatic carbocycles. The highest BCUT2D eigenvalue weighted by Gasteiger charge is 2.23. The minimum atomic E-state index is -0.804. The Morgan fingerprint density at radius 1 is 0.967 bits per heavy atom. The van der Waals surface area contributed by atoms with Gasteiger partial charge in [-0.05, 0) is 41.5 Å². The third kappa shape index (κ3) is 7.02. The van der Waals surface area contributed by atoms with Crippen molar-refractivity contribution < 1.29 is 19.1 Å². The van der Waals surface area contributed by atoms with E-state index in [0.29, 0.717) is 23.3 Å². The number of ether oxygens (including phenoxy) is 1. The van der Waals surface area contributed by atoms with Gasteiger partial charge < -0.3 is 10.1 Å². The number of benzene rings is 2. The summed E-state index contributed by atoms with van der Waals surface area (Å²) in [6.45, 7) is 5.95. The third-order valence-electron chi connectivity index (χ3n) is 4.65. The van der Waals surface area contributed by atoms with Gasteiger partial charge in [0.25, 0.3) is 5.91 Å². The van der Waals surface area contributed by atoms with E-state index in [-0.39, 0.29) is 23.7 Å². The van der Waals surface area contributed by atoms with Crippen LogP contribution in [0.1, 0.15) is 53.5 Å². The molecule has 5 nitrogen and oxygen atoms in total.